The summed E-state index contributed by atoms with van der Waals surface area (Å²) in [5.41, 5.74) is 0.870. The summed E-state index contributed by atoms with van der Waals surface area (Å²) in [7, 11) is -4.10. The Bertz CT molecular complexity index is 1570. The minimum Gasteiger partial charge on any atom is -0.350 e. The van der Waals surface area contributed by atoms with E-state index in [9.17, 15) is 22.8 Å². The molecule has 0 radical (unpaired) electrons. The highest BCUT2D eigenvalue weighted by Gasteiger charge is 2.41. The summed E-state index contributed by atoms with van der Waals surface area (Å²) in [6.07, 6.45) is -0.135. The van der Waals surface area contributed by atoms with Gasteiger partial charge in [0.05, 0.1) is 5.56 Å². The molecule has 1 atom stereocenters. The zero-order valence-electron chi connectivity index (χ0n) is 22.9. The van der Waals surface area contributed by atoms with Crippen LogP contribution < -0.4 is 5.32 Å². The fourth-order valence-corrected chi connectivity index (χ4v) is 6.67. The smallest absolute Gasteiger partial charge is 0.269 e. The number of benzene rings is 3. The second kappa shape index (κ2) is 12.2. The lowest BCUT2D eigenvalue weighted by Crippen LogP contribution is -2.54. The number of nitrogens with zero attached hydrogens (tertiary/aromatic N) is 2. The van der Waals surface area contributed by atoms with Gasteiger partial charge in [0.25, 0.3) is 15.9 Å². The molecule has 0 spiro atoms. The molecule has 11 heteroatoms. The van der Waals surface area contributed by atoms with Crippen molar-refractivity contribution >= 4 is 50.9 Å². The summed E-state index contributed by atoms with van der Waals surface area (Å²) in [5, 5.41) is 3.70. The maximum Gasteiger partial charge on any atom is 0.269 e. The summed E-state index contributed by atoms with van der Waals surface area (Å²) < 4.78 is 26.9. The zero-order valence-corrected chi connectivity index (χ0v) is 25.3. The summed E-state index contributed by atoms with van der Waals surface area (Å²) >= 11 is 12.5. The predicted molar refractivity (Wildman–Crippen MR) is 158 cm³/mol. The van der Waals surface area contributed by atoms with Gasteiger partial charge in [-0.25, -0.2) is 12.7 Å². The monoisotopic (exact) mass is 615 g/mol. The molecule has 8 nitrogen and oxygen atoms in total. The summed E-state index contributed by atoms with van der Waals surface area (Å²) in [4.78, 5) is 41.8. The van der Waals surface area contributed by atoms with E-state index < -0.39 is 33.4 Å². The van der Waals surface area contributed by atoms with E-state index in [1.54, 1.807) is 24.3 Å². The Morgan fingerprint density at radius 3 is 2.27 bits per heavy atom. The van der Waals surface area contributed by atoms with Crippen molar-refractivity contribution in [2.45, 2.75) is 56.6 Å². The van der Waals surface area contributed by atoms with Gasteiger partial charge in [0.15, 0.2) is 0 Å². The normalized spacial score (nSPS) is 14.9. The Labute approximate surface area is 250 Å². The molecule has 1 unspecified atom stereocenters. The predicted octanol–water partition coefficient (Wildman–Crippen LogP) is 5.08. The number of carbonyl (C=O) groups excluding carboxylic acids is 3. The molecule has 1 N–H and O–H groups in total. The summed E-state index contributed by atoms with van der Waals surface area (Å²) in [6, 6.07) is 19.1. The van der Waals surface area contributed by atoms with Crippen LogP contribution in [0, 0.1) is 0 Å². The van der Waals surface area contributed by atoms with E-state index in [2.05, 4.69) is 5.32 Å². The van der Waals surface area contributed by atoms with Crippen LogP contribution in [-0.4, -0.2) is 53.5 Å². The van der Waals surface area contributed by atoms with Crippen molar-refractivity contribution in [3.63, 3.8) is 0 Å². The minimum absolute atomic E-state index is 0.0369. The third-order valence-corrected chi connectivity index (χ3v) is 8.99. The van der Waals surface area contributed by atoms with Gasteiger partial charge in [-0.1, -0.05) is 71.7 Å². The molecule has 0 fully saturated rings. The van der Waals surface area contributed by atoms with Crippen molar-refractivity contribution in [1.29, 1.82) is 0 Å². The topological polar surface area (TPSA) is 104 Å². The van der Waals surface area contributed by atoms with Crippen molar-refractivity contribution in [2.24, 2.45) is 0 Å². The minimum atomic E-state index is -4.10. The van der Waals surface area contributed by atoms with E-state index in [1.807, 2.05) is 51.1 Å². The molecule has 1 aliphatic heterocycles. The number of sulfonamides is 1. The Kier molecular flexibility index (Phi) is 9.11. The molecule has 0 aliphatic carbocycles. The summed E-state index contributed by atoms with van der Waals surface area (Å²) in [6.45, 7) is 5.11. The fraction of sp³-hybridized carbons (Fsp3) is 0.300. The lowest BCUT2D eigenvalue weighted by atomic mass is 10.0. The number of carbonyl (C=O) groups is 3. The van der Waals surface area contributed by atoms with Gasteiger partial charge < -0.3 is 10.2 Å². The first-order valence-corrected chi connectivity index (χ1v) is 15.2. The Hall–Kier alpha value is -3.40. The van der Waals surface area contributed by atoms with Crippen molar-refractivity contribution in [1.82, 2.24) is 14.5 Å². The lowest BCUT2D eigenvalue weighted by molar-refractivity contribution is -0.142. The number of rotatable bonds is 9. The highest BCUT2D eigenvalue weighted by molar-refractivity contribution is 7.90. The van der Waals surface area contributed by atoms with Gasteiger partial charge in [0.2, 0.25) is 11.8 Å². The van der Waals surface area contributed by atoms with Gasteiger partial charge in [-0.15, -0.1) is 0 Å². The highest BCUT2D eigenvalue weighted by Crippen LogP contribution is 2.30. The highest BCUT2D eigenvalue weighted by atomic mass is 35.5. The van der Waals surface area contributed by atoms with E-state index in [4.69, 9.17) is 23.2 Å². The zero-order chi connectivity index (χ0) is 29.9. The molecule has 0 saturated carbocycles. The number of halogens is 2. The molecular formula is C30H31Cl2N3O5S. The molecule has 0 saturated heterocycles. The SMILES string of the molecule is CC(C)(C)NC(=O)C(Cc1ccccc1)N(Cc1ccc(Cl)cc1Cl)C(=O)CCN1C(=O)c2ccccc2S1(=O)=O. The Balaban J connectivity index is 1.68. The molecule has 1 aliphatic rings. The fourth-order valence-electron chi connectivity index (χ4n) is 4.63. The van der Waals surface area contributed by atoms with Crippen LogP contribution in [0.2, 0.25) is 10.0 Å². The van der Waals surface area contributed by atoms with Crippen LogP contribution in [0.25, 0.3) is 0 Å². The average molecular weight is 617 g/mol. The van der Waals surface area contributed by atoms with Crippen LogP contribution in [-0.2, 0) is 32.6 Å². The second-order valence-electron chi connectivity index (χ2n) is 10.8. The first-order valence-electron chi connectivity index (χ1n) is 13.0. The van der Waals surface area contributed by atoms with E-state index in [0.29, 0.717) is 19.9 Å². The number of fused-ring (bicyclic) bond motifs is 1. The molecule has 1 heterocycles. The van der Waals surface area contributed by atoms with E-state index in [0.717, 1.165) is 5.56 Å². The van der Waals surface area contributed by atoms with Crippen LogP contribution in [0.4, 0.5) is 0 Å². The third-order valence-electron chi connectivity index (χ3n) is 6.57. The quantitative estimate of drug-likeness (QED) is 0.361. The molecule has 3 aromatic carbocycles. The standard InChI is InChI=1S/C30H31Cl2N3O5S/c1-30(2,3)33-28(37)25(17-20-9-5-4-6-10-20)34(19-21-13-14-22(31)18-24(21)32)27(36)15-16-35-29(38)23-11-7-8-12-26(23)41(35,39)40/h4-14,18,25H,15-17,19H2,1-3H3,(H,33,37). The van der Waals surface area contributed by atoms with E-state index >= 15 is 0 Å². The number of amides is 3. The van der Waals surface area contributed by atoms with E-state index in [-0.39, 0.29) is 42.3 Å². The van der Waals surface area contributed by atoms with Gasteiger partial charge >= 0.3 is 0 Å². The average Bonchev–Trinajstić information content (AvgIpc) is 3.10. The van der Waals surface area contributed by atoms with Crippen LogP contribution in [0.15, 0.2) is 77.7 Å². The number of hydrogen-bond donors (Lipinski definition) is 1. The van der Waals surface area contributed by atoms with Gasteiger partial charge in [0, 0.05) is 41.5 Å². The van der Waals surface area contributed by atoms with Crippen molar-refractivity contribution in [3.8, 4) is 0 Å². The molecule has 216 valence electrons. The molecule has 4 rings (SSSR count). The van der Waals surface area contributed by atoms with Crippen molar-refractivity contribution in [2.75, 3.05) is 6.54 Å². The van der Waals surface area contributed by atoms with Crippen LogP contribution in [0.5, 0.6) is 0 Å². The molecule has 3 amide bonds. The van der Waals surface area contributed by atoms with Gasteiger partial charge in [-0.3, -0.25) is 14.4 Å². The maximum atomic E-state index is 13.9. The van der Waals surface area contributed by atoms with Gasteiger partial charge in [-0.2, -0.15) is 0 Å². The first-order chi connectivity index (χ1) is 19.3. The van der Waals surface area contributed by atoms with Crippen LogP contribution >= 0.6 is 23.2 Å². The number of nitrogens with one attached hydrogen (secondary N) is 1. The second-order valence-corrected chi connectivity index (χ2v) is 13.5. The molecule has 0 aromatic heterocycles. The Morgan fingerprint density at radius 1 is 0.976 bits per heavy atom. The lowest BCUT2D eigenvalue weighted by Gasteiger charge is -2.34. The van der Waals surface area contributed by atoms with Gasteiger partial charge in [0.1, 0.15) is 10.9 Å². The first kappa shape index (κ1) is 30.6. The molecular weight excluding hydrogens is 585 g/mol. The van der Waals surface area contributed by atoms with E-state index in [1.165, 1.54) is 23.1 Å². The van der Waals surface area contributed by atoms with Crippen LogP contribution in [0.3, 0.4) is 0 Å². The molecule has 41 heavy (non-hydrogen) atoms. The largest absolute Gasteiger partial charge is 0.350 e. The maximum absolute atomic E-state index is 13.9. The van der Waals surface area contributed by atoms with Gasteiger partial charge in [-0.05, 0) is 56.2 Å². The molecule has 0 bridgehead atoms. The van der Waals surface area contributed by atoms with Crippen LogP contribution in [0.1, 0.15) is 48.7 Å². The van der Waals surface area contributed by atoms with Crippen molar-refractivity contribution in [3.05, 3.63) is 99.5 Å². The van der Waals surface area contributed by atoms with Crippen molar-refractivity contribution < 1.29 is 22.8 Å². The number of hydrogen-bond acceptors (Lipinski definition) is 5. The third kappa shape index (κ3) is 7.09. The Morgan fingerprint density at radius 2 is 1.63 bits per heavy atom. The molecule has 3 aromatic rings. The summed E-state index contributed by atoms with van der Waals surface area (Å²) in [5.74, 6) is -1.58.